The third-order valence-electron chi connectivity index (χ3n) is 5.99. The molecule has 1 heterocycles. The van der Waals surface area contributed by atoms with Gasteiger partial charge in [-0.1, -0.05) is 81.5 Å². The summed E-state index contributed by atoms with van der Waals surface area (Å²) < 4.78 is 34.5. The van der Waals surface area contributed by atoms with Gasteiger partial charge < -0.3 is 4.74 Å². The molecule has 0 saturated heterocycles. The Balaban J connectivity index is 1.47. The Morgan fingerprint density at radius 2 is 1.39 bits per heavy atom. The molecule has 0 saturated carbocycles. The predicted molar refractivity (Wildman–Crippen MR) is 145 cm³/mol. The highest BCUT2D eigenvalue weighted by Gasteiger charge is 2.18. The van der Waals surface area contributed by atoms with Crippen LogP contribution in [0.25, 0.3) is 11.0 Å². The summed E-state index contributed by atoms with van der Waals surface area (Å²) in [5, 5.41) is 0. The lowest BCUT2D eigenvalue weighted by molar-refractivity contribution is 0.304. The molecule has 0 fully saturated rings. The maximum atomic E-state index is 13.0. The highest BCUT2D eigenvalue weighted by Crippen LogP contribution is 2.24. The zero-order chi connectivity index (χ0) is 25.2. The molecule has 6 nitrogen and oxygen atoms in total. The average molecular weight is 504 g/mol. The van der Waals surface area contributed by atoms with E-state index in [4.69, 9.17) is 9.72 Å². The van der Waals surface area contributed by atoms with Crippen molar-refractivity contribution in [1.82, 2.24) is 9.97 Å². The van der Waals surface area contributed by atoms with Crippen LogP contribution < -0.4 is 9.46 Å². The molecule has 0 radical (unpaired) electrons. The summed E-state index contributed by atoms with van der Waals surface area (Å²) in [6.07, 6.45) is 7.81. The van der Waals surface area contributed by atoms with Crippen molar-refractivity contribution in [1.29, 1.82) is 0 Å². The first-order chi connectivity index (χ1) is 17.5. The summed E-state index contributed by atoms with van der Waals surface area (Å²) >= 11 is 0. The number of unbranched alkanes of at least 4 members (excludes halogenated alkanes) is 5. The second-order valence-corrected chi connectivity index (χ2v) is 10.5. The number of benzene rings is 3. The number of ether oxygens (including phenoxy) is 1. The summed E-state index contributed by atoms with van der Waals surface area (Å²) in [7, 11) is -3.80. The molecule has 0 aliphatic carbocycles. The number of anilines is 1. The number of hydrogen-bond donors (Lipinski definition) is 1. The lowest BCUT2D eigenvalue weighted by atomic mass is 10.1. The summed E-state index contributed by atoms with van der Waals surface area (Å²) in [5.74, 6) is 1.07. The molecule has 1 N–H and O–H groups in total. The van der Waals surface area contributed by atoms with Gasteiger partial charge in [-0.3, -0.25) is 4.72 Å². The van der Waals surface area contributed by atoms with Gasteiger partial charge in [0.15, 0.2) is 5.82 Å². The van der Waals surface area contributed by atoms with Crippen LogP contribution in [-0.4, -0.2) is 25.0 Å². The van der Waals surface area contributed by atoms with Crippen molar-refractivity contribution in [3.05, 3.63) is 90.1 Å². The largest absolute Gasteiger partial charge is 0.494 e. The molecule has 0 aliphatic rings. The fraction of sp³-hybridized carbons (Fsp3) is 0.310. The zero-order valence-corrected chi connectivity index (χ0v) is 21.5. The van der Waals surface area contributed by atoms with Crippen LogP contribution in [0.5, 0.6) is 5.75 Å². The molecule has 0 spiro atoms. The topological polar surface area (TPSA) is 81.2 Å². The minimum Gasteiger partial charge on any atom is -0.494 e. The number of fused-ring (bicyclic) bond motifs is 1. The van der Waals surface area contributed by atoms with Gasteiger partial charge in [0.2, 0.25) is 0 Å². The van der Waals surface area contributed by atoms with Crippen LogP contribution in [-0.2, 0) is 16.4 Å². The van der Waals surface area contributed by atoms with E-state index in [1.54, 1.807) is 30.3 Å². The molecule has 1 aromatic heterocycles. The average Bonchev–Trinajstić information content (AvgIpc) is 2.90. The van der Waals surface area contributed by atoms with E-state index in [0.717, 1.165) is 17.7 Å². The molecule has 188 valence electrons. The van der Waals surface area contributed by atoms with Gasteiger partial charge in [0.05, 0.1) is 28.2 Å². The number of nitrogens with zero attached hydrogens (tertiary/aromatic N) is 2. The van der Waals surface area contributed by atoms with E-state index in [-0.39, 0.29) is 10.7 Å². The third kappa shape index (κ3) is 7.04. The Labute approximate surface area is 213 Å². The van der Waals surface area contributed by atoms with E-state index in [0.29, 0.717) is 29.8 Å². The highest BCUT2D eigenvalue weighted by atomic mass is 32.2. The van der Waals surface area contributed by atoms with E-state index in [1.807, 2.05) is 48.5 Å². The lowest BCUT2D eigenvalue weighted by Crippen LogP contribution is -2.16. The van der Waals surface area contributed by atoms with E-state index in [1.165, 1.54) is 32.1 Å². The van der Waals surface area contributed by atoms with Gasteiger partial charge >= 0.3 is 0 Å². The first-order valence-corrected chi connectivity index (χ1v) is 14.1. The van der Waals surface area contributed by atoms with Crippen LogP contribution in [0.3, 0.4) is 0 Å². The van der Waals surface area contributed by atoms with Crippen LogP contribution in [0.2, 0.25) is 0 Å². The number of nitrogens with one attached hydrogen (secondary N) is 1. The molecule has 7 heteroatoms. The molecular formula is C29H33N3O3S. The van der Waals surface area contributed by atoms with Crippen LogP contribution in [0.4, 0.5) is 5.82 Å². The third-order valence-corrected chi connectivity index (χ3v) is 7.34. The molecule has 0 unspecified atom stereocenters. The number of sulfonamides is 1. The van der Waals surface area contributed by atoms with Crippen molar-refractivity contribution in [3.63, 3.8) is 0 Å². The van der Waals surface area contributed by atoms with E-state index in [2.05, 4.69) is 16.6 Å². The molecule has 36 heavy (non-hydrogen) atoms. The van der Waals surface area contributed by atoms with Gasteiger partial charge in [0.25, 0.3) is 10.0 Å². The maximum absolute atomic E-state index is 13.0. The van der Waals surface area contributed by atoms with Crippen molar-refractivity contribution in [2.24, 2.45) is 0 Å². The Morgan fingerprint density at radius 3 is 2.11 bits per heavy atom. The zero-order valence-electron chi connectivity index (χ0n) is 20.7. The minimum atomic E-state index is -3.80. The van der Waals surface area contributed by atoms with Crippen LogP contribution in [0, 0.1) is 0 Å². The molecule has 3 aromatic carbocycles. The summed E-state index contributed by atoms with van der Waals surface area (Å²) in [5.41, 5.74) is 2.90. The number of para-hydroxylation sites is 2. The number of hydrogen-bond acceptors (Lipinski definition) is 5. The molecular weight excluding hydrogens is 470 g/mol. The Bertz CT molecular complexity index is 1360. The van der Waals surface area contributed by atoms with Crippen molar-refractivity contribution in [3.8, 4) is 5.75 Å². The second kappa shape index (κ2) is 12.5. The first-order valence-electron chi connectivity index (χ1n) is 12.6. The Hall–Kier alpha value is -3.45. The monoisotopic (exact) mass is 503 g/mol. The molecule has 4 aromatic rings. The maximum Gasteiger partial charge on any atom is 0.263 e. The van der Waals surface area contributed by atoms with E-state index < -0.39 is 10.0 Å². The van der Waals surface area contributed by atoms with Crippen molar-refractivity contribution < 1.29 is 13.2 Å². The van der Waals surface area contributed by atoms with Crippen LogP contribution in [0.1, 0.15) is 56.7 Å². The van der Waals surface area contributed by atoms with Gasteiger partial charge in [0, 0.05) is 6.42 Å². The smallest absolute Gasteiger partial charge is 0.263 e. The van der Waals surface area contributed by atoms with Gasteiger partial charge in [-0.15, -0.1) is 0 Å². The van der Waals surface area contributed by atoms with Gasteiger partial charge in [0.1, 0.15) is 5.75 Å². The number of rotatable bonds is 13. The number of aromatic nitrogens is 2. The molecule has 0 atom stereocenters. The summed E-state index contributed by atoms with van der Waals surface area (Å²) in [6, 6.07) is 23.6. The Kier molecular flexibility index (Phi) is 8.90. The standard InChI is InChI=1S/C29H33N3O3S/c1-2-3-4-5-6-12-21-35-24-19-17-23(18-20-24)22-28-29(31-27-16-11-10-15-26(27)30-28)32-36(33,34)25-13-8-7-9-14-25/h7-11,13-20H,2-6,12,21-22H2,1H3,(H,31,32). The lowest BCUT2D eigenvalue weighted by Gasteiger charge is -2.13. The summed E-state index contributed by atoms with van der Waals surface area (Å²) in [4.78, 5) is 9.52. The van der Waals surface area contributed by atoms with Crippen LogP contribution in [0.15, 0.2) is 83.8 Å². The van der Waals surface area contributed by atoms with E-state index in [9.17, 15) is 8.42 Å². The van der Waals surface area contributed by atoms with Gasteiger partial charge in [-0.2, -0.15) is 0 Å². The SMILES string of the molecule is CCCCCCCCOc1ccc(Cc2nc3ccccc3nc2NS(=O)(=O)c2ccccc2)cc1. The Morgan fingerprint density at radius 1 is 0.750 bits per heavy atom. The first kappa shape index (κ1) is 25.6. The fourth-order valence-electron chi connectivity index (χ4n) is 4.00. The molecule has 0 bridgehead atoms. The molecule has 0 amide bonds. The predicted octanol–water partition coefficient (Wildman–Crippen LogP) is 6.76. The van der Waals surface area contributed by atoms with Gasteiger partial charge in [-0.25, -0.2) is 18.4 Å². The van der Waals surface area contributed by atoms with Gasteiger partial charge in [-0.05, 0) is 48.4 Å². The fourth-order valence-corrected chi connectivity index (χ4v) is 5.05. The summed E-state index contributed by atoms with van der Waals surface area (Å²) in [6.45, 7) is 2.94. The normalized spacial score (nSPS) is 11.5. The van der Waals surface area contributed by atoms with Crippen molar-refractivity contribution in [2.75, 3.05) is 11.3 Å². The quantitative estimate of drug-likeness (QED) is 0.204. The van der Waals surface area contributed by atoms with Crippen LogP contribution >= 0.6 is 0 Å². The van der Waals surface area contributed by atoms with Crippen molar-refractivity contribution in [2.45, 2.75) is 56.8 Å². The highest BCUT2D eigenvalue weighted by molar-refractivity contribution is 7.92. The van der Waals surface area contributed by atoms with E-state index >= 15 is 0 Å². The molecule has 0 aliphatic heterocycles. The minimum absolute atomic E-state index is 0.178. The van der Waals surface area contributed by atoms with Crippen molar-refractivity contribution >= 4 is 26.9 Å². The molecule has 4 rings (SSSR count). The second-order valence-electron chi connectivity index (χ2n) is 8.86.